The SMILES string of the molecule is CCn1c(SCC(=O)Nc2nnc(C)s2)nnc1C(C)Oc1cc(C)ccc1Cl. The molecular weight excluding hydrogens is 432 g/mol. The van der Waals surface area contributed by atoms with Crippen molar-refractivity contribution in [1.82, 2.24) is 25.0 Å². The number of amides is 1. The molecule has 2 heterocycles. The summed E-state index contributed by atoms with van der Waals surface area (Å²) in [6.45, 7) is 8.35. The van der Waals surface area contributed by atoms with Gasteiger partial charge in [0.25, 0.3) is 0 Å². The van der Waals surface area contributed by atoms with Crippen molar-refractivity contribution in [2.24, 2.45) is 0 Å². The van der Waals surface area contributed by atoms with Crippen LogP contribution in [0.3, 0.4) is 0 Å². The van der Waals surface area contributed by atoms with Gasteiger partial charge in [0.15, 0.2) is 17.1 Å². The van der Waals surface area contributed by atoms with Crippen molar-refractivity contribution in [2.45, 2.75) is 45.5 Å². The van der Waals surface area contributed by atoms with Gasteiger partial charge in [-0.25, -0.2) is 0 Å². The van der Waals surface area contributed by atoms with E-state index >= 15 is 0 Å². The summed E-state index contributed by atoms with van der Waals surface area (Å²) in [7, 11) is 0. The van der Waals surface area contributed by atoms with E-state index in [1.54, 1.807) is 0 Å². The Bertz CT molecular complexity index is 1010. The van der Waals surface area contributed by atoms with Crippen LogP contribution >= 0.6 is 34.7 Å². The first-order valence-corrected chi connectivity index (χ1v) is 11.1. The van der Waals surface area contributed by atoms with E-state index in [2.05, 4.69) is 25.7 Å². The standard InChI is InChI=1S/C18H21ClN6O2S2/c1-5-25-16(11(3)27-14-8-10(2)6-7-13(14)19)22-24-18(25)28-9-15(26)20-17-23-21-12(4)29-17/h6-8,11H,5,9H2,1-4H3,(H,20,23,26). The smallest absolute Gasteiger partial charge is 0.236 e. The van der Waals surface area contributed by atoms with Crippen molar-refractivity contribution in [3.8, 4) is 5.75 Å². The first kappa shape index (κ1) is 21.5. The van der Waals surface area contributed by atoms with Crippen LogP contribution in [-0.2, 0) is 11.3 Å². The van der Waals surface area contributed by atoms with Gasteiger partial charge in [-0.15, -0.1) is 20.4 Å². The Morgan fingerprint density at radius 3 is 2.79 bits per heavy atom. The number of nitrogens with zero attached hydrogens (tertiary/aromatic N) is 5. The number of halogens is 1. The summed E-state index contributed by atoms with van der Waals surface area (Å²) in [4.78, 5) is 12.2. The summed E-state index contributed by atoms with van der Waals surface area (Å²) in [6.07, 6.45) is -0.353. The van der Waals surface area contributed by atoms with Gasteiger partial charge >= 0.3 is 0 Å². The molecule has 0 saturated carbocycles. The Balaban J connectivity index is 1.66. The van der Waals surface area contributed by atoms with Gasteiger partial charge in [0, 0.05) is 6.54 Å². The van der Waals surface area contributed by atoms with Crippen molar-refractivity contribution < 1.29 is 9.53 Å². The van der Waals surface area contributed by atoms with E-state index in [0.717, 1.165) is 10.6 Å². The first-order chi connectivity index (χ1) is 13.9. The van der Waals surface area contributed by atoms with E-state index in [-0.39, 0.29) is 17.8 Å². The van der Waals surface area contributed by atoms with E-state index in [1.165, 1.54) is 23.1 Å². The molecule has 3 aromatic rings. The number of rotatable bonds is 8. The lowest BCUT2D eigenvalue weighted by molar-refractivity contribution is -0.113. The zero-order valence-corrected chi connectivity index (χ0v) is 18.9. The molecule has 0 radical (unpaired) electrons. The molecule has 3 rings (SSSR count). The highest BCUT2D eigenvalue weighted by molar-refractivity contribution is 7.99. The van der Waals surface area contributed by atoms with Crippen molar-refractivity contribution in [3.63, 3.8) is 0 Å². The second-order valence-corrected chi connectivity index (χ2v) is 8.77. The summed E-state index contributed by atoms with van der Waals surface area (Å²) in [5, 5.41) is 21.5. The Morgan fingerprint density at radius 2 is 2.10 bits per heavy atom. The average Bonchev–Trinajstić information content (AvgIpc) is 3.28. The van der Waals surface area contributed by atoms with Gasteiger partial charge < -0.3 is 9.30 Å². The third-order valence-electron chi connectivity index (χ3n) is 3.92. The number of hydrogen-bond donors (Lipinski definition) is 1. The van der Waals surface area contributed by atoms with Gasteiger partial charge in [-0.2, -0.15) is 0 Å². The van der Waals surface area contributed by atoms with Gasteiger partial charge in [0.1, 0.15) is 10.8 Å². The molecule has 8 nitrogen and oxygen atoms in total. The molecule has 0 spiro atoms. The average molecular weight is 453 g/mol. The van der Waals surface area contributed by atoms with Crippen LogP contribution in [0.15, 0.2) is 23.4 Å². The van der Waals surface area contributed by atoms with Crippen LogP contribution in [-0.4, -0.2) is 36.6 Å². The molecular formula is C18H21ClN6O2S2. The maximum atomic E-state index is 12.2. The lowest BCUT2D eigenvalue weighted by atomic mass is 10.2. The van der Waals surface area contributed by atoms with Crippen LogP contribution in [0, 0.1) is 13.8 Å². The maximum Gasteiger partial charge on any atom is 0.236 e. The lowest BCUT2D eigenvalue weighted by Gasteiger charge is -2.16. The number of ether oxygens (including phenoxy) is 1. The molecule has 1 N–H and O–H groups in total. The number of thioether (sulfide) groups is 1. The van der Waals surface area contributed by atoms with Gasteiger partial charge in [0.05, 0.1) is 10.8 Å². The zero-order chi connectivity index (χ0) is 21.0. The van der Waals surface area contributed by atoms with Crippen LogP contribution in [0.5, 0.6) is 5.75 Å². The van der Waals surface area contributed by atoms with Gasteiger partial charge in [-0.05, 0) is 45.4 Å². The minimum absolute atomic E-state index is 0.172. The Morgan fingerprint density at radius 1 is 1.31 bits per heavy atom. The zero-order valence-electron chi connectivity index (χ0n) is 16.5. The third kappa shape index (κ3) is 5.46. The molecule has 1 atom stereocenters. The van der Waals surface area contributed by atoms with E-state index < -0.39 is 0 Å². The predicted molar refractivity (Wildman–Crippen MR) is 115 cm³/mol. The molecule has 0 fully saturated rings. The fourth-order valence-corrected chi connectivity index (χ4v) is 4.16. The number of aryl methyl sites for hydroxylation is 2. The highest BCUT2D eigenvalue weighted by Crippen LogP contribution is 2.30. The fraction of sp³-hybridized carbons (Fsp3) is 0.389. The first-order valence-electron chi connectivity index (χ1n) is 8.96. The van der Waals surface area contributed by atoms with Crippen LogP contribution in [0.1, 0.15) is 36.3 Å². The number of nitrogens with one attached hydrogen (secondary N) is 1. The molecule has 0 aliphatic rings. The number of aromatic nitrogens is 5. The van der Waals surface area contributed by atoms with E-state index in [0.29, 0.717) is 33.4 Å². The lowest BCUT2D eigenvalue weighted by Crippen LogP contribution is -2.15. The molecule has 1 aromatic carbocycles. The largest absolute Gasteiger partial charge is 0.481 e. The van der Waals surface area contributed by atoms with Crippen molar-refractivity contribution in [3.05, 3.63) is 39.6 Å². The topological polar surface area (TPSA) is 94.8 Å². The van der Waals surface area contributed by atoms with E-state index in [1.807, 2.05) is 50.5 Å². The molecule has 0 aliphatic carbocycles. The van der Waals surface area contributed by atoms with Crippen LogP contribution in [0.4, 0.5) is 5.13 Å². The maximum absolute atomic E-state index is 12.2. The van der Waals surface area contributed by atoms with E-state index in [4.69, 9.17) is 16.3 Å². The highest BCUT2D eigenvalue weighted by Gasteiger charge is 2.20. The molecule has 1 unspecified atom stereocenters. The van der Waals surface area contributed by atoms with Crippen molar-refractivity contribution >= 4 is 45.7 Å². The third-order valence-corrected chi connectivity index (χ3v) is 5.95. The summed E-state index contributed by atoms with van der Waals surface area (Å²) >= 11 is 8.87. The Hall–Kier alpha value is -2.17. The summed E-state index contributed by atoms with van der Waals surface area (Å²) < 4.78 is 7.95. The molecule has 29 heavy (non-hydrogen) atoms. The summed E-state index contributed by atoms with van der Waals surface area (Å²) in [5.41, 5.74) is 1.06. The minimum Gasteiger partial charge on any atom is -0.481 e. The van der Waals surface area contributed by atoms with E-state index in [9.17, 15) is 4.79 Å². The number of carbonyl (C=O) groups excluding carboxylic acids is 1. The van der Waals surface area contributed by atoms with Gasteiger partial charge in [-0.1, -0.05) is 40.8 Å². The summed E-state index contributed by atoms with van der Waals surface area (Å²) in [6, 6.07) is 5.63. The predicted octanol–water partition coefficient (Wildman–Crippen LogP) is 4.29. The Labute approximate surface area is 182 Å². The second kappa shape index (κ2) is 9.55. The van der Waals surface area contributed by atoms with Crippen molar-refractivity contribution in [2.75, 3.05) is 11.1 Å². The molecule has 154 valence electrons. The number of hydrogen-bond acceptors (Lipinski definition) is 8. The quantitative estimate of drug-likeness (QED) is 0.509. The summed E-state index contributed by atoms with van der Waals surface area (Å²) in [5.74, 6) is 1.29. The van der Waals surface area contributed by atoms with Gasteiger partial charge in [-0.3, -0.25) is 10.1 Å². The number of benzene rings is 1. The molecule has 0 bridgehead atoms. The van der Waals surface area contributed by atoms with Crippen LogP contribution < -0.4 is 10.1 Å². The van der Waals surface area contributed by atoms with Crippen molar-refractivity contribution in [1.29, 1.82) is 0 Å². The molecule has 0 saturated heterocycles. The molecule has 0 aliphatic heterocycles. The monoisotopic (exact) mass is 452 g/mol. The minimum atomic E-state index is -0.353. The normalized spacial score (nSPS) is 12.0. The molecule has 1 amide bonds. The van der Waals surface area contributed by atoms with Crippen LogP contribution in [0.2, 0.25) is 5.02 Å². The molecule has 2 aromatic heterocycles. The number of anilines is 1. The molecule has 11 heteroatoms. The highest BCUT2D eigenvalue weighted by atomic mass is 35.5. The number of carbonyl (C=O) groups is 1. The second-order valence-electron chi connectivity index (χ2n) is 6.24. The van der Waals surface area contributed by atoms with Gasteiger partial charge in [0.2, 0.25) is 11.0 Å². The van der Waals surface area contributed by atoms with Crippen LogP contribution in [0.25, 0.3) is 0 Å². The Kier molecular flexibility index (Phi) is 7.09. The fourth-order valence-electron chi connectivity index (χ4n) is 2.58.